The van der Waals surface area contributed by atoms with Crippen LogP contribution < -0.4 is 10.6 Å². The molecule has 0 atom stereocenters. The molecule has 3 rings (SSSR count). The zero-order valence-electron chi connectivity index (χ0n) is 14.6. The van der Waals surface area contributed by atoms with E-state index in [4.69, 9.17) is 0 Å². The van der Waals surface area contributed by atoms with E-state index in [9.17, 15) is 13.6 Å². The van der Waals surface area contributed by atoms with Crippen molar-refractivity contribution in [1.82, 2.24) is 15.5 Å². The van der Waals surface area contributed by atoms with E-state index < -0.39 is 5.82 Å². The van der Waals surface area contributed by atoms with Crippen LogP contribution in [0.15, 0.2) is 42.5 Å². The smallest absolute Gasteiger partial charge is 0.251 e. The van der Waals surface area contributed by atoms with E-state index in [2.05, 4.69) is 20.8 Å². The number of nitrogens with one attached hydrogen (secondary N) is 2. The number of benzene rings is 2. The second-order valence-electron chi connectivity index (χ2n) is 5.95. The number of halogens is 2. The lowest BCUT2D eigenvalue weighted by Gasteiger charge is -2.06. The van der Waals surface area contributed by atoms with E-state index >= 15 is 0 Å². The molecular formula is C19H18F2N4OS. The summed E-state index contributed by atoms with van der Waals surface area (Å²) in [5, 5.41) is 15.4. The largest absolute Gasteiger partial charge is 0.358 e. The monoisotopic (exact) mass is 388 g/mol. The second-order valence-corrected chi connectivity index (χ2v) is 7.01. The number of carbonyl (C=O) groups excluding carboxylic acids is 1. The van der Waals surface area contributed by atoms with Crippen LogP contribution in [0.1, 0.15) is 26.5 Å². The highest BCUT2D eigenvalue weighted by molar-refractivity contribution is 7.15. The summed E-state index contributed by atoms with van der Waals surface area (Å²) in [6.07, 6.45) is 0.579. The first-order valence-corrected chi connectivity index (χ1v) is 9.18. The van der Waals surface area contributed by atoms with Crippen LogP contribution in [-0.4, -0.2) is 29.2 Å². The maximum atomic E-state index is 13.5. The van der Waals surface area contributed by atoms with Gasteiger partial charge in [-0.3, -0.25) is 4.79 Å². The maximum Gasteiger partial charge on any atom is 0.251 e. The predicted octanol–water partition coefficient (Wildman–Crippen LogP) is 3.56. The normalized spacial score (nSPS) is 10.6. The molecule has 27 heavy (non-hydrogen) atoms. The van der Waals surface area contributed by atoms with Crippen molar-refractivity contribution < 1.29 is 13.6 Å². The van der Waals surface area contributed by atoms with Gasteiger partial charge in [-0.15, -0.1) is 10.2 Å². The molecule has 0 unspecified atom stereocenters. The number of amides is 1. The molecule has 0 aliphatic carbocycles. The molecule has 0 aliphatic heterocycles. The summed E-state index contributed by atoms with van der Waals surface area (Å²) in [6, 6.07) is 10.7. The quantitative estimate of drug-likeness (QED) is 0.608. The fraction of sp³-hybridized carbons (Fsp3) is 0.211. The molecule has 0 bridgehead atoms. The van der Waals surface area contributed by atoms with E-state index in [1.54, 1.807) is 31.2 Å². The number of nitrogens with zero attached hydrogens (tertiary/aromatic N) is 2. The molecule has 0 radical (unpaired) electrons. The highest BCUT2D eigenvalue weighted by atomic mass is 32.1. The van der Waals surface area contributed by atoms with Gasteiger partial charge in [-0.2, -0.15) is 0 Å². The SMILES string of the molecule is Cc1ccc(C(=O)NCCNc2nnc(Cc3ccc(F)cc3)s2)cc1F. The first kappa shape index (κ1) is 18.9. The van der Waals surface area contributed by atoms with E-state index in [1.807, 2.05) is 0 Å². The summed E-state index contributed by atoms with van der Waals surface area (Å²) in [4.78, 5) is 12.0. The molecule has 1 aromatic heterocycles. The van der Waals surface area contributed by atoms with Crippen molar-refractivity contribution in [3.8, 4) is 0 Å². The Hall–Kier alpha value is -2.87. The average Bonchev–Trinajstić information content (AvgIpc) is 3.10. The van der Waals surface area contributed by atoms with Crippen LogP contribution in [-0.2, 0) is 6.42 Å². The average molecular weight is 388 g/mol. The molecular weight excluding hydrogens is 370 g/mol. The lowest BCUT2D eigenvalue weighted by atomic mass is 10.1. The van der Waals surface area contributed by atoms with Gasteiger partial charge < -0.3 is 10.6 Å². The van der Waals surface area contributed by atoms with Gasteiger partial charge in [-0.25, -0.2) is 8.78 Å². The molecule has 0 spiro atoms. The van der Waals surface area contributed by atoms with Crippen molar-refractivity contribution in [1.29, 1.82) is 0 Å². The van der Waals surface area contributed by atoms with Crippen LogP contribution in [0.2, 0.25) is 0 Å². The van der Waals surface area contributed by atoms with E-state index in [0.29, 0.717) is 30.2 Å². The van der Waals surface area contributed by atoms with Gasteiger partial charge in [0.1, 0.15) is 16.6 Å². The summed E-state index contributed by atoms with van der Waals surface area (Å²) in [7, 11) is 0. The van der Waals surface area contributed by atoms with Gasteiger partial charge >= 0.3 is 0 Å². The molecule has 1 heterocycles. The zero-order valence-corrected chi connectivity index (χ0v) is 15.4. The van der Waals surface area contributed by atoms with Crippen LogP contribution in [0.5, 0.6) is 0 Å². The summed E-state index contributed by atoms with van der Waals surface area (Å²) in [6.45, 7) is 2.47. The van der Waals surface area contributed by atoms with Crippen molar-refractivity contribution in [3.63, 3.8) is 0 Å². The van der Waals surface area contributed by atoms with Gasteiger partial charge in [-0.1, -0.05) is 29.5 Å². The molecule has 8 heteroatoms. The molecule has 0 fully saturated rings. The summed E-state index contributed by atoms with van der Waals surface area (Å²) < 4.78 is 26.4. The lowest BCUT2D eigenvalue weighted by molar-refractivity contribution is 0.0954. The number of aryl methyl sites for hydroxylation is 1. The van der Waals surface area contributed by atoms with E-state index in [1.165, 1.54) is 29.5 Å². The lowest BCUT2D eigenvalue weighted by Crippen LogP contribution is -2.28. The fourth-order valence-electron chi connectivity index (χ4n) is 2.35. The fourth-order valence-corrected chi connectivity index (χ4v) is 3.15. The Morgan fingerprint density at radius 2 is 1.85 bits per heavy atom. The van der Waals surface area contributed by atoms with E-state index in [-0.39, 0.29) is 17.3 Å². The van der Waals surface area contributed by atoms with Crippen LogP contribution in [0.3, 0.4) is 0 Å². The number of rotatable bonds is 7. The number of hydrogen-bond acceptors (Lipinski definition) is 5. The first-order valence-electron chi connectivity index (χ1n) is 8.36. The Balaban J connectivity index is 1.44. The van der Waals surface area contributed by atoms with Crippen molar-refractivity contribution in [2.24, 2.45) is 0 Å². The summed E-state index contributed by atoms with van der Waals surface area (Å²) >= 11 is 1.40. The Kier molecular flexibility index (Phi) is 6.08. The number of aromatic nitrogens is 2. The van der Waals surface area contributed by atoms with Crippen LogP contribution in [0, 0.1) is 18.6 Å². The molecule has 0 saturated heterocycles. The third-order valence-corrected chi connectivity index (χ3v) is 4.74. The van der Waals surface area contributed by atoms with Gasteiger partial charge in [0.15, 0.2) is 0 Å². The van der Waals surface area contributed by atoms with Crippen LogP contribution in [0.4, 0.5) is 13.9 Å². The van der Waals surface area contributed by atoms with Crippen molar-refractivity contribution in [3.05, 3.63) is 75.8 Å². The Morgan fingerprint density at radius 3 is 2.59 bits per heavy atom. The first-order chi connectivity index (χ1) is 13.0. The minimum absolute atomic E-state index is 0.270. The summed E-state index contributed by atoms with van der Waals surface area (Å²) in [5.41, 5.74) is 1.74. The van der Waals surface area contributed by atoms with Crippen molar-refractivity contribution >= 4 is 22.4 Å². The Bertz CT molecular complexity index is 928. The highest BCUT2D eigenvalue weighted by Crippen LogP contribution is 2.18. The standard InChI is InChI=1S/C19H18F2N4OS/c1-12-2-5-14(11-16(12)21)18(26)22-8-9-23-19-25-24-17(27-19)10-13-3-6-15(20)7-4-13/h2-7,11H,8-10H2,1H3,(H,22,26)(H,23,25). The molecule has 5 nitrogen and oxygen atoms in total. The van der Waals surface area contributed by atoms with Crippen molar-refractivity contribution in [2.75, 3.05) is 18.4 Å². The minimum atomic E-state index is -0.400. The van der Waals surface area contributed by atoms with Gasteiger partial charge in [0.05, 0.1) is 0 Å². The molecule has 0 aliphatic rings. The van der Waals surface area contributed by atoms with Crippen LogP contribution in [0.25, 0.3) is 0 Å². The van der Waals surface area contributed by atoms with Gasteiger partial charge in [-0.05, 0) is 42.3 Å². The summed E-state index contributed by atoms with van der Waals surface area (Å²) in [5.74, 6) is -0.998. The molecule has 3 aromatic rings. The zero-order chi connectivity index (χ0) is 19.2. The van der Waals surface area contributed by atoms with Gasteiger partial charge in [0.2, 0.25) is 5.13 Å². The van der Waals surface area contributed by atoms with Gasteiger partial charge in [0, 0.05) is 25.1 Å². The number of carbonyl (C=O) groups is 1. The maximum absolute atomic E-state index is 13.5. The number of hydrogen-bond donors (Lipinski definition) is 2. The predicted molar refractivity (Wildman–Crippen MR) is 101 cm³/mol. The molecule has 2 aromatic carbocycles. The Labute approximate surface area is 159 Å². The third kappa shape index (κ3) is 5.30. The highest BCUT2D eigenvalue weighted by Gasteiger charge is 2.08. The minimum Gasteiger partial charge on any atom is -0.358 e. The number of anilines is 1. The van der Waals surface area contributed by atoms with Crippen molar-refractivity contribution in [2.45, 2.75) is 13.3 Å². The van der Waals surface area contributed by atoms with E-state index in [0.717, 1.165) is 10.6 Å². The van der Waals surface area contributed by atoms with Gasteiger partial charge in [0.25, 0.3) is 5.91 Å². The topological polar surface area (TPSA) is 66.9 Å². The third-order valence-electron chi connectivity index (χ3n) is 3.86. The molecule has 2 N–H and O–H groups in total. The second kappa shape index (κ2) is 8.68. The Morgan fingerprint density at radius 1 is 1.07 bits per heavy atom. The molecule has 140 valence electrons. The van der Waals surface area contributed by atoms with Crippen LogP contribution >= 0.6 is 11.3 Å². The molecule has 1 amide bonds. The molecule has 0 saturated carbocycles.